The Labute approximate surface area is 221 Å². The van der Waals surface area contributed by atoms with Crippen molar-refractivity contribution in [3.63, 3.8) is 0 Å². The lowest BCUT2D eigenvalue weighted by molar-refractivity contribution is 0.0996. The van der Waals surface area contributed by atoms with Crippen LogP contribution < -0.4 is 20.5 Å². The number of fused-ring (bicyclic) bond motifs is 2. The first-order valence-electron chi connectivity index (χ1n) is 12.4. The van der Waals surface area contributed by atoms with E-state index in [9.17, 15) is 9.59 Å². The third-order valence-electron chi connectivity index (χ3n) is 6.14. The molecule has 4 aromatic rings. The van der Waals surface area contributed by atoms with Gasteiger partial charge in [-0.05, 0) is 68.8 Å². The van der Waals surface area contributed by atoms with Crippen molar-refractivity contribution >= 4 is 33.9 Å². The fraction of sp³-hybridized carbons (Fsp3) is 0.345. The standard InChI is InChI=1S/C29H33N3O6/c1-29(2,3)32-28(34)37-15-9-11-18(27-31-20-12-6-7-13-22(20)38-27)24-17-10-8-14-21(35-4)19(17)16-23(36-5)25(24)26(30)33/h6-8,10,12-14,16,18H,9,11,15H2,1-5H3,(H2,30,33)(H,32,34)/t18-/m0/s1. The number of nitrogens with one attached hydrogen (secondary N) is 1. The molecule has 0 radical (unpaired) electrons. The normalized spacial score (nSPS) is 12.3. The smallest absolute Gasteiger partial charge is 0.407 e. The zero-order chi connectivity index (χ0) is 27.4. The maximum Gasteiger partial charge on any atom is 0.407 e. The molecule has 2 amide bonds. The van der Waals surface area contributed by atoms with E-state index < -0.39 is 23.5 Å². The molecular weight excluding hydrogens is 486 g/mol. The van der Waals surface area contributed by atoms with Crippen molar-refractivity contribution in [2.45, 2.75) is 45.1 Å². The maximum atomic E-state index is 12.8. The van der Waals surface area contributed by atoms with Gasteiger partial charge in [0.15, 0.2) is 5.58 Å². The maximum absolute atomic E-state index is 12.8. The van der Waals surface area contributed by atoms with E-state index in [1.54, 1.807) is 13.2 Å². The first-order valence-corrected chi connectivity index (χ1v) is 12.4. The Bertz CT molecular complexity index is 1440. The third-order valence-corrected chi connectivity index (χ3v) is 6.14. The fourth-order valence-electron chi connectivity index (χ4n) is 4.58. The molecule has 4 rings (SSSR count). The summed E-state index contributed by atoms with van der Waals surface area (Å²) in [6, 6.07) is 14.8. The van der Waals surface area contributed by atoms with Gasteiger partial charge in [-0.2, -0.15) is 0 Å². The zero-order valence-electron chi connectivity index (χ0n) is 22.3. The number of primary amides is 1. The monoisotopic (exact) mass is 519 g/mol. The largest absolute Gasteiger partial charge is 0.496 e. The summed E-state index contributed by atoms with van der Waals surface area (Å²) in [6.45, 7) is 5.80. The van der Waals surface area contributed by atoms with Gasteiger partial charge in [0.2, 0.25) is 5.89 Å². The average Bonchev–Trinajstić information content (AvgIpc) is 3.30. The van der Waals surface area contributed by atoms with Gasteiger partial charge in [-0.3, -0.25) is 4.79 Å². The first kappa shape index (κ1) is 26.8. The summed E-state index contributed by atoms with van der Waals surface area (Å²) in [5, 5.41) is 4.30. The van der Waals surface area contributed by atoms with Crippen LogP contribution in [0.2, 0.25) is 0 Å². The molecule has 1 atom stereocenters. The molecule has 9 nitrogen and oxygen atoms in total. The molecule has 0 saturated carbocycles. The number of rotatable bonds is 9. The summed E-state index contributed by atoms with van der Waals surface area (Å²) >= 11 is 0. The Morgan fingerprint density at radius 1 is 1.03 bits per heavy atom. The molecule has 200 valence electrons. The Morgan fingerprint density at radius 3 is 2.42 bits per heavy atom. The number of hydrogen-bond acceptors (Lipinski definition) is 7. The predicted octanol–water partition coefficient (Wildman–Crippen LogP) is 5.53. The van der Waals surface area contributed by atoms with E-state index in [0.717, 1.165) is 10.8 Å². The second kappa shape index (κ2) is 11.0. The van der Waals surface area contributed by atoms with Crippen LogP contribution in [-0.2, 0) is 4.74 Å². The van der Waals surface area contributed by atoms with Crippen LogP contribution >= 0.6 is 0 Å². The molecular formula is C29H33N3O6. The van der Waals surface area contributed by atoms with Crippen molar-refractivity contribution in [2.24, 2.45) is 5.73 Å². The van der Waals surface area contributed by atoms with Crippen LogP contribution in [0.4, 0.5) is 4.79 Å². The van der Waals surface area contributed by atoms with Crippen LogP contribution in [0.5, 0.6) is 11.5 Å². The number of oxazole rings is 1. The number of nitrogens with two attached hydrogens (primary N) is 1. The summed E-state index contributed by atoms with van der Waals surface area (Å²) in [7, 11) is 3.07. The summed E-state index contributed by atoms with van der Waals surface area (Å²) in [4.78, 5) is 29.8. The topological polar surface area (TPSA) is 126 Å². The zero-order valence-corrected chi connectivity index (χ0v) is 22.3. The number of para-hydroxylation sites is 2. The number of ether oxygens (including phenoxy) is 3. The molecule has 0 unspecified atom stereocenters. The highest BCUT2D eigenvalue weighted by Crippen LogP contribution is 2.43. The summed E-state index contributed by atoms with van der Waals surface area (Å²) < 4.78 is 22.8. The van der Waals surface area contributed by atoms with E-state index in [4.69, 9.17) is 29.3 Å². The van der Waals surface area contributed by atoms with E-state index in [1.807, 2.05) is 63.2 Å². The molecule has 0 fully saturated rings. The molecule has 0 aliphatic carbocycles. The fourth-order valence-corrected chi connectivity index (χ4v) is 4.58. The van der Waals surface area contributed by atoms with Crippen LogP contribution in [0.1, 0.15) is 61.3 Å². The highest BCUT2D eigenvalue weighted by molar-refractivity contribution is 6.05. The number of benzene rings is 3. The third kappa shape index (κ3) is 5.66. The minimum Gasteiger partial charge on any atom is -0.496 e. The van der Waals surface area contributed by atoms with Crippen molar-refractivity contribution in [1.29, 1.82) is 0 Å². The van der Waals surface area contributed by atoms with Gasteiger partial charge in [0.1, 0.15) is 17.0 Å². The van der Waals surface area contributed by atoms with Crippen LogP contribution in [0.15, 0.2) is 52.9 Å². The van der Waals surface area contributed by atoms with Crippen LogP contribution in [-0.4, -0.2) is 43.3 Å². The Morgan fingerprint density at radius 2 is 1.76 bits per heavy atom. The molecule has 0 saturated heterocycles. The second-order valence-corrected chi connectivity index (χ2v) is 10.0. The Balaban J connectivity index is 1.82. The van der Waals surface area contributed by atoms with Crippen molar-refractivity contribution in [3.05, 3.63) is 65.5 Å². The number of nitrogens with zero attached hydrogens (tertiary/aromatic N) is 1. The summed E-state index contributed by atoms with van der Waals surface area (Å²) in [5.74, 6) is 0.237. The minimum absolute atomic E-state index is 0.162. The van der Waals surface area contributed by atoms with E-state index in [2.05, 4.69) is 5.32 Å². The van der Waals surface area contributed by atoms with Gasteiger partial charge in [-0.15, -0.1) is 0 Å². The number of hydrogen-bond donors (Lipinski definition) is 2. The number of alkyl carbamates (subject to hydrolysis) is 1. The minimum atomic E-state index is -0.636. The molecule has 0 spiro atoms. The molecule has 3 aromatic carbocycles. The lowest BCUT2D eigenvalue weighted by Gasteiger charge is -2.22. The molecule has 1 aromatic heterocycles. The number of aromatic nitrogens is 1. The number of amides is 2. The molecule has 0 aliphatic heterocycles. The van der Waals surface area contributed by atoms with Crippen molar-refractivity contribution in [1.82, 2.24) is 10.3 Å². The summed E-state index contributed by atoms with van der Waals surface area (Å²) in [6.07, 6.45) is 0.433. The molecule has 0 bridgehead atoms. The van der Waals surface area contributed by atoms with Gasteiger partial charge in [0.05, 0.1) is 32.3 Å². The van der Waals surface area contributed by atoms with Gasteiger partial charge in [0.25, 0.3) is 5.91 Å². The van der Waals surface area contributed by atoms with E-state index in [-0.39, 0.29) is 12.2 Å². The van der Waals surface area contributed by atoms with Crippen LogP contribution in [0.3, 0.4) is 0 Å². The molecule has 1 heterocycles. The number of carbonyl (C=O) groups excluding carboxylic acids is 2. The molecule has 38 heavy (non-hydrogen) atoms. The highest BCUT2D eigenvalue weighted by atomic mass is 16.5. The number of methoxy groups -OCH3 is 2. The predicted molar refractivity (Wildman–Crippen MR) is 145 cm³/mol. The lowest BCUT2D eigenvalue weighted by atomic mass is 9.85. The summed E-state index contributed by atoms with van der Waals surface area (Å²) in [5.41, 5.74) is 7.69. The molecule has 3 N–H and O–H groups in total. The average molecular weight is 520 g/mol. The van der Waals surface area contributed by atoms with Crippen molar-refractivity contribution < 1.29 is 28.2 Å². The van der Waals surface area contributed by atoms with E-state index in [0.29, 0.717) is 46.9 Å². The van der Waals surface area contributed by atoms with E-state index in [1.165, 1.54) is 7.11 Å². The lowest BCUT2D eigenvalue weighted by Crippen LogP contribution is -2.41. The van der Waals surface area contributed by atoms with E-state index >= 15 is 0 Å². The molecule has 0 aliphatic rings. The number of carbonyl (C=O) groups is 2. The van der Waals surface area contributed by atoms with Gasteiger partial charge < -0.3 is 29.7 Å². The van der Waals surface area contributed by atoms with Gasteiger partial charge >= 0.3 is 6.09 Å². The SMILES string of the molecule is COc1cc2c(OC)cccc2c([C@H](CCCOC(=O)NC(C)(C)C)c2nc3ccccc3o2)c1C(N)=O. The van der Waals surface area contributed by atoms with Gasteiger partial charge in [0, 0.05) is 10.9 Å². The molecule has 9 heteroatoms. The Kier molecular flexibility index (Phi) is 7.75. The highest BCUT2D eigenvalue weighted by Gasteiger charge is 2.30. The van der Waals surface area contributed by atoms with Crippen molar-refractivity contribution in [2.75, 3.05) is 20.8 Å². The van der Waals surface area contributed by atoms with Gasteiger partial charge in [-0.1, -0.05) is 24.3 Å². The van der Waals surface area contributed by atoms with Crippen LogP contribution in [0.25, 0.3) is 21.9 Å². The quantitative estimate of drug-likeness (QED) is 0.278. The Hall–Kier alpha value is -4.27. The van der Waals surface area contributed by atoms with Crippen molar-refractivity contribution in [3.8, 4) is 11.5 Å². The second-order valence-electron chi connectivity index (χ2n) is 10.0. The van der Waals surface area contributed by atoms with Gasteiger partial charge in [-0.25, -0.2) is 9.78 Å². The first-order chi connectivity index (χ1) is 18.1. The van der Waals surface area contributed by atoms with Crippen LogP contribution in [0, 0.1) is 0 Å².